The highest BCUT2D eigenvalue weighted by Crippen LogP contribution is 2.24. The number of nitrogens with one attached hydrogen (secondary N) is 1. The third kappa shape index (κ3) is 5.74. The average Bonchev–Trinajstić information content (AvgIpc) is 2.60. The van der Waals surface area contributed by atoms with Crippen LogP contribution in [-0.4, -0.2) is 38.4 Å². The normalized spacial score (nSPS) is 12.1. The van der Waals surface area contributed by atoms with Crippen LogP contribution in [0, 0.1) is 20.8 Å². The van der Waals surface area contributed by atoms with E-state index in [1.807, 2.05) is 43.3 Å². The SMILES string of the molecule is Cc1cc(C)c(S(=O)(=O)N(C)CC(=O)N/N=C\c2ccc(C(C)C)cc2)c(C)c1. The first-order valence-electron chi connectivity index (χ1n) is 9.48. The monoisotopic (exact) mass is 415 g/mol. The molecule has 156 valence electrons. The molecule has 0 atom stereocenters. The van der Waals surface area contributed by atoms with Gasteiger partial charge >= 0.3 is 0 Å². The van der Waals surface area contributed by atoms with Crippen molar-refractivity contribution in [3.05, 3.63) is 64.2 Å². The van der Waals surface area contributed by atoms with Gasteiger partial charge in [0.1, 0.15) is 0 Å². The summed E-state index contributed by atoms with van der Waals surface area (Å²) in [6, 6.07) is 11.5. The Morgan fingerprint density at radius 3 is 2.17 bits per heavy atom. The summed E-state index contributed by atoms with van der Waals surface area (Å²) in [6.07, 6.45) is 1.53. The van der Waals surface area contributed by atoms with Gasteiger partial charge in [-0.25, -0.2) is 13.8 Å². The molecule has 0 radical (unpaired) electrons. The van der Waals surface area contributed by atoms with E-state index in [1.54, 1.807) is 13.8 Å². The van der Waals surface area contributed by atoms with Gasteiger partial charge in [-0.3, -0.25) is 4.79 Å². The number of carbonyl (C=O) groups excluding carboxylic acids is 1. The minimum absolute atomic E-state index is 0.243. The molecule has 7 heteroatoms. The molecule has 0 aliphatic carbocycles. The molecule has 2 aromatic carbocycles. The molecular formula is C22H29N3O3S. The third-order valence-corrected chi connectivity index (χ3v) is 6.75. The van der Waals surface area contributed by atoms with E-state index in [2.05, 4.69) is 24.4 Å². The van der Waals surface area contributed by atoms with Crippen LogP contribution < -0.4 is 5.43 Å². The Kier molecular flexibility index (Phi) is 7.32. The molecule has 0 saturated heterocycles. The van der Waals surface area contributed by atoms with E-state index < -0.39 is 15.9 Å². The summed E-state index contributed by atoms with van der Waals surface area (Å²) >= 11 is 0. The number of sulfonamides is 1. The van der Waals surface area contributed by atoms with Crippen molar-refractivity contribution in [1.82, 2.24) is 9.73 Å². The predicted molar refractivity (Wildman–Crippen MR) is 117 cm³/mol. The number of hydrogen-bond acceptors (Lipinski definition) is 4. The van der Waals surface area contributed by atoms with Crippen LogP contribution in [0.25, 0.3) is 0 Å². The van der Waals surface area contributed by atoms with Crippen molar-refractivity contribution in [3.63, 3.8) is 0 Å². The first-order chi connectivity index (χ1) is 13.5. The molecule has 2 rings (SSSR count). The van der Waals surface area contributed by atoms with Gasteiger partial charge in [0.25, 0.3) is 5.91 Å². The molecule has 0 bridgehead atoms. The quantitative estimate of drug-likeness (QED) is 0.555. The molecule has 0 fully saturated rings. The van der Waals surface area contributed by atoms with Gasteiger partial charge in [-0.1, -0.05) is 55.8 Å². The van der Waals surface area contributed by atoms with Gasteiger partial charge in [0.05, 0.1) is 17.7 Å². The zero-order valence-corrected chi connectivity index (χ0v) is 18.7. The molecule has 1 amide bonds. The van der Waals surface area contributed by atoms with Crippen LogP contribution in [0.15, 0.2) is 46.4 Å². The summed E-state index contributed by atoms with van der Waals surface area (Å²) < 4.78 is 26.9. The summed E-state index contributed by atoms with van der Waals surface area (Å²) in [4.78, 5) is 12.4. The Bertz CT molecular complexity index is 987. The Morgan fingerprint density at radius 1 is 1.10 bits per heavy atom. The van der Waals surface area contributed by atoms with Gasteiger partial charge in [0.2, 0.25) is 10.0 Å². The van der Waals surface area contributed by atoms with E-state index in [0.29, 0.717) is 17.0 Å². The average molecular weight is 416 g/mol. The van der Waals surface area contributed by atoms with Crippen LogP contribution in [0.5, 0.6) is 0 Å². The number of hydrazone groups is 1. The van der Waals surface area contributed by atoms with Gasteiger partial charge in [-0.05, 0) is 48.9 Å². The molecule has 0 aromatic heterocycles. The van der Waals surface area contributed by atoms with E-state index in [-0.39, 0.29) is 11.4 Å². The number of nitrogens with zero attached hydrogens (tertiary/aromatic N) is 2. The number of hydrogen-bond donors (Lipinski definition) is 1. The Morgan fingerprint density at radius 2 is 1.66 bits per heavy atom. The van der Waals surface area contributed by atoms with Crippen LogP contribution >= 0.6 is 0 Å². The maximum Gasteiger partial charge on any atom is 0.255 e. The van der Waals surface area contributed by atoms with Crippen molar-refractivity contribution >= 4 is 22.1 Å². The largest absolute Gasteiger partial charge is 0.272 e. The first kappa shape index (κ1) is 22.8. The lowest BCUT2D eigenvalue weighted by Gasteiger charge is -2.19. The fourth-order valence-electron chi connectivity index (χ4n) is 3.20. The zero-order valence-electron chi connectivity index (χ0n) is 17.9. The second-order valence-corrected chi connectivity index (χ2v) is 9.59. The smallest absolute Gasteiger partial charge is 0.255 e. The summed E-state index contributed by atoms with van der Waals surface area (Å²) in [5.74, 6) is -0.0625. The highest BCUT2D eigenvalue weighted by atomic mass is 32.2. The minimum atomic E-state index is -3.78. The third-order valence-electron chi connectivity index (χ3n) is 4.65. The van der Waals surface area contributed by atoms with E-state index >= 15 is 0 Å². The maximum atomic E-state index is 12.9. The number of carbonyl (C=O) groups is 1. The van der Waals surface area contributed by atoms with Gasteiger partial charge < -0.3 is 0 Å². The summed E-state index contributed by atoms with van der Waals surface area (Å²) in [5.41, 5.74) is 6.78. The number of aryl methyl sites for hydroxylation is 3. The van der Waals surface area contributed by atoms with E-state index in [1.165, 1.54) is 18.8 Å². The van der Waals surface area contributed by atoms with Crippen molar-refractivity contribution in [2.75, 3.05) is 13.6 Å². The molecule has 29 heavy (non-hydrogen) atoms. The standard InChI is InChI=1S/C22H29N3O3S/c1-15(2)20-9-7-19(8-10-20)13-23-24-21(26)14-25(6)29(27,28)22-17(4)11-16(3)12-18(22)5/h7-13,15H,14H2,1-6H3,(H,24,26)/b23-13-. The molecule has 0 aliphatic heterocycles. The van der Waals surface area contributed by atoms with Crippen molar-refractivity contribution in [2.24, 2.45) is 5.10 Å². The van der Waals surface area contributed by atoms with Crippen molar-refractivity contribution < 1.29 is 13.2 Å². The molecule has 1 N–H and O–H groups in total. The van der Waals surface area contributed by atoms with Crippen LogP contribution in [0.2, 0.25) is 0 Å². The molecule has 0 spiro atoms. The lowest BCUT2D eigenvalue weighted by Crippen LogP contribution is -2.37. The number of likely N-dealkylation sites (N-methyl/N-ethyl adjacent to an activating group) is 1. The molecule has 0 aliphatic rings. The highest BCUT2D eigenvalue weighted by Gasteiger charge is 2.26. The van der Waals surface area contributed by atoms with Crippen LogP contribution in [0.3, 0.4) is 0 Å². The molecule has 0 saturated carbocycles. The Labute approximate surface area is 173 Å². The molecular weight excluding hydrogens is 386 g/mol. The second kappa shape index (κ2) is 9.33. The van der Waals surface area contributed by atoms with Crippen molar-refractivity contribution in [1.29, 1.82) is 0 Å². The van der Waals surface area contributed by atoms with Gasteiger partial charge in [0, 0.05) is 7.05 Å². The summed E-state index contributed by atoms with van der Waals surface area (Å²) in [6.45, 7) is 9.35. The summed E-state index contributed by atoms with van der Waals surface area (Å²) in [5, 5.41) is 3.92. The van der Waals surface area contributed by atoms with E-state index in [9.17, 15) is 13.2 Å². The van der Waals surface area contributed by atoms with Gasteiger partial charge in [-0.15, -0.1) is 0 Å². The van der Waals surface area contributed by atoms with Crippen LogP contribution in [0.4, 0.5) is 0 Å². The predicted octanol–water partition coefficient (Wildman–Crippen LogP) is 3.51. The number of benzene rings is 2. The number of amides is 1. The molecule has 2 aromatic rings. The van der Waals surface area contributed by atoms with Crippen molar-refractivity contribution in [2.45, 2.75) is 45.4 Å². The fourth-order valence-corrected chi connectivity index (χ4v) is 4.73. The van der Waals surface area contributed by atoms with Crippen LogP contribution in [-0.2, 0) is 14.8 Å². The zero-order chi connectivity index (χ0) is 21.8. The van der Waals surface area contributed by atoms with E-state index in [4.69, 9.17) is 0 Å². The topological polar surface area (TPSA) is 78.8 Å². The van der Waals surface area contributed by atoms with Crippen LogP contribution in [0.1, 0.15) is 47.6 Å². The highest BCUT2D eigenvalue weighted by molar-refractivity contribution is 7.89. The molecule has 6 nitrogen and oxygen atoms in total. The van der Waals surface area contributed by atoms with Crippen molar-refractivity contribution in [3.8, 4) is 0 Å². The maximum absolute atomic E-state index is 12.9. The van der Waals surface area contributed by atoms with Gasteiger partial charge in [-0.2, -0.15) is 9.41 Å². The Hall–Kier alpha value is -2.51. The number of rotatable bonds is 7. The van der Waals surface area contributed by atoms with E-state index in [0.717, 1.165) is 15.4 Å². The molecule has 0 heterocycles. The van der Waals surface area contributed by atoms with Gasteiger partial charge in [0.15, 0.2) is 0 Å². The lowest BCUT2D eigenvalue weighted by molar-refractivity contribution is -0.121. The fraction of sp³-hybridized carbons (Fsp3) is 0.364. The second-order valence-electron chi connectivity index (χ2n) is 7.60. The molecule has 0 unspecified atom stereocenters. The Balaban J connectivity index is 2.03. The summed E-state index contributed by atoms with van der Waals surface area (Å²) in [7, 11) is -2.39. The first-order valence-corrected chi connectivity index (χ1v) is 10.9. The lowest BCUT2D eigenvalue weighted by atomic mass is 10.0. The minimum Gasteiger partial charge on any atom is -0.272 e.